The number of pyridine rings is 1. The molecule has 0 aromatic carbocycles. The van der Waals surface area contributed by atoms with Gasteiger partial charge in [-0.1, -0.05) is 0 Å². The van der Waals surface area contributed by atoms with Gasteiger partial charge < -0.3 is 15.8 Å². The smallest absolute Gasteiger partial charge is 0.123 e. The van der Waals surface area contributed by atoms with Gasteiger partial charge in [0.15, 0.2) is 0 Å². The number of hydrogen-bond donors (Lipinski definition) is 2. The van der Waals surface area contributed by atoms with Gasteiger partial charge in [0.1, 0.15) is 5.82 Å². The predicted octanol–water partition coefficient (Wildman–Crippen LogP) is 1.64. The van der Waals surface area contributed by atoms with Gasteiger partial charge in [0.05, 0.1) is 11.9 Å². The van der Waals surface area contributed by atoms with Crippen LogP contribution in [0.5, 0.6) is 0 Å². The molecule has 0 spiro atoms. The Morgan fingerprint density at radius 3 is 2.73 bits per heavy atom. The summed E-state index contributed by atoms with van der Waals surface area (Å²) >= 11 is 0. The number of aromatic nitrogens is 1. The molecule has 1 aromatic heterocycles. The van der Waals surface area contributed by atoms with Crippen LogP contribution in [0.3, 0.4) is 0 Å². The third-order valence-corrected chi connectivity index (χ3v) is 2.83. The Morgan fingerprint density at radius 1 is 1.40 bits per heavy atom. The third kappa shape index (κ3) is 2.59. The summed E-state index contributed by atoms with van der Waals surface area (Å²) in [6.07, 6.45) is 3.82. The largest absolute Gasteiger partial charge is 0.384 e. The zero-order valence-electron chi connectivity index (χ0n) is 8.99. The minimum atomic E-state index is 0.121. The Hall–Kier alpha value is -1.29. The van der Waals surface area contributed by atoms with E-state index in [1.54, 1.807) is 6.20 Å². The zero-order valence-corrected chi connectivity index (χ0v) is 8.99. The number of nitrogens with zero attached hydrogens (tertiary/aromatic N) is 1. The highest BCUT2D eigenvalue weighted by Crippen LogP contribution is 2.25. The Kier molecular flexibility index (Phi) is 2.77. The number of nitrogens with one attached hydrogen (secondary N) is 1. The van der Waals surface area contributed by atoms with Gasteiger partial charge >= 0.3 is 0 Å². The minimum absolute atomic E-state index is 0.121. The maximum Gasteiger partial charge on any atom is 0.123 e. The van der Waals surface area contributed by atoms with Crippen molar-refractivity contribution in [2.75, 3.05) is 24.3 Å². The quantitative estimate of drug-likeness (QED) is 0.774. The van der Waals surface area contributed by atoms with E-state index in [1.807, 2.05) is 12.1 Å². The third-order valence-electron chi connectivity index (χ3n) is 2.83. The molecule has 4 nitrogen and oxygen atoms in total. The number of nitrogens with two attached hydrogens (primary N) is 1. The second kappa shape index (κ2) is 4.06. The lowest BCUT2D eigenvalue weighted by molar-refractivity contribution is 0.0658. The molecule has 0 saturated carbocycles. The van der Waals surface area contributed by atoms with Crippen LogP contribution in [0.2, 0.25) is 0 Å². The van der Waals surface area contributed by atoms with E-state index in [4.69, 9.17) is 10.5 Å². The van der Waals surface area contributed by atoms with Gasteiger partial charge in [-0.05, 0) is 31.9 Å². The fraction of sp³-hybridized carbons (Fsp3) is 0.545. The summed E-state index contributed by atoms with van der Waals surface area (Å²) in [5.41, 5.74) is 6.68. The van der Waals surface area contributed by atoms with Crippen LogP contribution in [0.4, 0.5) is 11.5 Å². The molecule has 0 atom stereocenters. The highest BCUT2D eigenvalue weighted by molar-refractivity contribution is 5.47. The monoisotopic (exact) mass is 207 g/mol. The molecular weight excluding hydrogens is 190 g/mol. The van der Waals surface area contributed by atoms with Crippen LogP contribution < -0.4 is 11.1 Å². The fourth-order valence-corrected chi connectivity index (χ4v) is 1.77. The normalized spacial score (nSPS) is 19.8. The van der Waals surface area contributed by atoms with E-state index in [1.165, 1.54) is 0 Å². The molecule has 1 aliphatic heterocycles. The maximum atomic E-state index is 5.53. The highest BCUT2D eigenvalue weighted by Gasteiger charge is 2.26. The number of ether oxygens (including phenoxy) is 1. The van der Waals surface area contributed by atoms with Gasteiger partial charge in [-0.2, -0.15) is 0 Å². The summed E-state index contributed by atoms with van der Waals surface area (Å²) in [5, 5.41) is 3.49. The van der Waals surface area contributed by atoms with Gasteiger partial charge in [0.25, 0.3) is 0 Å². The molecule has 1 aliphatic rings. The number of anilines is 2. The van der Waals surface area contributed by atoms with Gasteiger partial charge in [-0.25, -0.2) is 4.98 Å². The molecular formula is C11H17N3O. The van der Waals surface area contributed by atoms with E-state index >= 15 is 0 Å². The Morgan fingerprint density at radius 2 is 2.13 bits per heavy atom. The van der Waals surface area contributed by atoms with Crippen molar-refractivity contribution >= 4 is 11.5 Å². The first-order valence-corrected chi connectivity index (χ1v) is 5.25. The lowest BCUT2D eigenvalue weighted by atomic mass is 9.92. The highest BCUT2D eigenvalue weighted by atomic mass is 16.5. The second-order valence-electron chi connectivity index (χ2n) is 4.27. The van der Waals surface area contributed by atoms with E-state index < -0.39 is 0 Å². The van der Waals surface area contributed by atoms with Gasteiger partial charge in [0, 0.05) is 18.8 Å². The average molecular weight is 207 g/mol. The molecule has 1 saturated heterocycles. The Labute approximate surface area is 89.8 Å². The van der Waals surface area contributed by atoms with E-state index in [0.29, 0.717) is 5.82 Å². The summed E-state index contributed by atoms with van der Waals surface area (Å²) in [6, 6.07) is 3.77. The molecule has 0 amide bonds. The van der Waals surface area contributed by atoms with Gasteiger partial charge in [-0.15, -0.1) is 0 Å². The Balaban J connectivity index is 2.03. The molecule has 0 unspecified atom stereocenters. The van der Waals surface area contributed by atoms with E-state index in [-0.39, 0.29) is 5.54 Å². The molecule has 82 valence electrons. The van der Waals surface area contributed by atoms with Crippen molar-refractivity contribution in [3.8, 4) is 0 Å². The molecule has 4 heteroatoms. The molecule has 0 bridgehead atoms. The molecule has 0 radical (unpaired) electrons. The molecule has 1 aromatic rings. The molecule has 2 rings (SSSR count). The van der Waals surface area contributed by atoms with E-state index in [0.717, 1.165) is 31.7 Å². The summed E-state index contributed by atoms with van der Waals surface area (Å²) in [5.74, 6) is 0.553. The van der Waals surface area contributed by atoms with Crippen LogP contribution in [-0.2, 0) is 4.74 Å². The SMILES string of the molecule is CC1(Nc2ccc(N)nc2)CCOCC1. The molecule has 0 aliphatic carbocycles. The second-order valence-corrected chi connectivity index (χ2v) is 4.27. The summed E-state index contributed by atoms with van der Waals surface area (Å²) in [7, 11) is 0. The van der Waals surface area contributed by atoms with Crippen LogP contribution in [0.25, 0.3) is 0 Å². The number of hydrogen-bond acceptors (Lipinski definition) is 4. The zero-order chi connectivity index (χ0) is 10.7. The summed E-state index contributed by atoms with van der Waals surface area (Å²) in [6.45, 7) is 3.86. The molecule has 2 heterocycles. The molecule has 3 N–H and O–H groups in total. The summed E-state index contributed by atoms with van der Waals surface area (Å²) in [4.78, 5) is 4.06. The maximum absolute atomic E-state index is 5.53. The fourth-order valence-electron chi connectivity index (χ4n) is 1.77. The van der Waals surface area contributed by atoms with Gasteiger partial charge in [-0.3, -0.25) is 0 Å². The van der Waals surface area contributed by atoms with Crippen molar-refractivity contribution < 1.29 is 4.74 Å². The Bertz CT molecular complexity index is 317. The van der Waals surface area contributed by atoms with E-state index in [9.17, 15) is 0 Å². The molecule has 15 heavy (non-hydrogen) atoms. The van der Waals surface area contributed by atoms with Crippen molar-refractivity contribution in [2.45, 2.75) is 25.3 Å². The minimum Gasteiger partial charge on any atom is -0.384 e. The van der Waals surface area contributed by atoms with Crippen molar-refractivity contribution in [1.82, 2.24) is 4.98 Å². The standard InChI is InChI=1S/C11H17N3O/c1-11(4-6-15-7-5-11)14-9-2-3-10(12)13-8-9/h2-3,8,14H,4-7H2,1H3,(H2,12,13). The van der Waals surface area contributed by atoms with Crippen molar-refractivity contribution in [2.24, 2.45) is 0 Å². The lowest BCUT2D eigenvalue weighted by Crippen LogP contribution is -2.40. The van der Waals surface area contributed by atoms with Gasteiger partial charge in [0.2, 0.25) is 0 Å². The van der Waals surface area contributed by atoms with Crippen LogP contribution in [0.1, 0.15) is 19.8 Å². The average Bonchev–Trinajstić information content (AvgIpc) is 2.22. The van der Waals surface area contributed by atoms with Crippen LogP contribution >= 0.6 is 0 Å². The van der Waals surface area contributed by atoms with Crippen LogP contribution in [0.15, 0.2) is 18.3 Å². The lowest BCUT2D eigenvalue weighted by Gasteiger charge is -2.35. The van der Waals surface area contributed by atoms with Crippen molar-refractivity contribution in [3.63, 3.8) is 0 Å². The first-order chi connectivity index (χ1) is 7.18. The first-order valence-electron chi connectivity index (χ1n) is 5.25. The van der Waals surface area contributed by atoms with E-state index in [2.05, 4.69) is 17.2 Å². The van der Waals surface area contributed by atoms with Crippen LogP contribution in [0, 0.1) is 0 Å². The topological polar surface area (TPSA) is 60.2 Å². The van der Waals surface area contributed by atoms with Crippen molar-refractivity contribution in [1.29, 1.82) is 0 Å². The number of nitrogen functional groups attached to an aromatic ring is 1. The van der Waals surface area contributed by atoms with Crippen LogP contribution in [-0.4, -0.2) is 23.7 Å². The number of rotatable bonds is 2. The molecule has 1 fully saturated rings. The first kappa shape index (κ1) is 10.2. The predicted molar refractivity (Wildman–Crippen MR) is 60.7 cm³/mol. The van der Waals surface area contributed by atoms with Crippen molar-refractivity contribution in [3.05, 3.63) is 18.3 Å². The summed E-state index contributed by atoms with van der Waals surface area (Å²) < 4.78 is 5.35.